The van der Waals surface area contributed by atoms with Crippen molar-refractivity contribution in [3.05, 3.63) is 24.3 Å². The van der Waals surface area contributed by atoms with Crippen LogP contribution in [0.1, 0.15) is 431 Å². The molecule has 6 heteroatoms. The summed E-state index contributed by atoms with van der Waals surface area (Å²) in [5, 5.41) is 23.5. The summed E-state index contributed by atoms with van der Waals surface area (Å²) < 4.78 is 5.49. The zero-order valence-corrected chi connectivity index (χ0v) is 56.5. The Morgan fingerprint density at radius 2 is 0.602 bits per heavy atom. The van der Waals surface area contributed by atoms with Crippen molar-refractivity contribution in [3.8, 4) is 0 Å². The van der Waals surface area contributed by atoms with Crippen LogP contribution in [0.25, 0.3) is 0 Å². The molecule has 0 aromatic rings. The summed E-state index contributed by atoms with van der Waals surface area (Å²) in [5.74, 6) is -0.0229. The molecule has 0 rings (SSSR count). The Labute approximate surface area is 520 Å². The predicted molar refractivity (Wildman–Crippen MR) is 366 cm³/mol. The molecule has 3 N–H and O–H groups in total. The predicted octanol–water partition coefficient (Wildman–Crippen LogP) is 24.9. The van der Waals surface area contributed by atoms with Gasteiger partial charge in [-0.25, -0.2) is 0 Å². The molecular weight excluding hydrogens is 1020 g/mol. The summed E-state index contributed by atoms with van der Waals surface area (Å²) in [6, 6.07) is -0.541. The fourth-order valence-corrected chi connectivity index (χ4v) is 12.2. The van der Waals surface area contributed by atoms with Crippen molar-refractivity contribution in [3.63, 3.8) is 0 Å². The van der Waals surface area contributed by atoms with Gasteiger partial charge < -0.3 is 20.3 Å². The maximum Gasteiger partial charge on any atom is 0.305 e. The summed E-state index contributed by atoms with van der Waals surface area (Å²) in [6.45, 7) is 4.97. The first-order valence-electron chi connectivity index (χ1n) is 38.1. The second kappa shape index (κ2) is 72.8. The summed E-state index contributed by atoms with van der Waals surface area (Å²) in [5.41, 5.74) is 0. The number of esters is 1. The molecule has 0 aliphatic carbocycles. The number of unbranched alkanes of at least 4 members (excludes halogenated alkanes) is 57. The van der Waals surface area contributed by atoms with Crippen LogP contribution < -0.4 is 5.32 Å². The fraction of sp³-hybridized carbons (Fsp3) is 0.922. The van der Waals surface area contributed by atoms with E-state index in [1.54, 1.807) is 0 Å². The third kappa shape index (κ3) is 69.3. The molecule has 0 heterocycles. The molecule has 2 atom stereocenters. The van der Waals surface area contributed by atoms with Crippen molar-refractivity contribution < 1.29 is 24.5 Å². The SMILES string of the molecule is CCCCC/C=C\C/C=C\CCCCCCCC(=O)OCCCCCCCCCCCCCCCCCCCCCCCCCCCCC(=O)NC(CO)C(O)CCCCCCCCCCCCCCCCCCCCCCCCCCC. The third-order valence-corrected chi connectivity index (χ3v) is 18.0. The lowest BCUT2D eigenvalue weighted by molar-refractivity contribution is -0.143. The van der Waals surface area contributed by atoms with Gasteiger partial charge in [-0.05, 0) is 57.8 Å². The number of aliphatic hydroxyl groups excluding tert-OH is 2. The van der Waals surface area contributed by atoms with Gasteiger partial charge in [0.15, 0.2) is 0 Å². The molecule has 1 amide bonds. The number of aliphatic hydroxyl groups is 2. The Hall–Kier alpha value is -1.66. The summed E-state index contributed by atoms with van der Waals surface area (Å²) >= 11 is 0. The molecule has 0 aliphatic heterocycles. The average Bonchev–Trinajstić information content (AvgIpc) is 3.49. The zero-order chi connectivity index (χ0) is 59.9. The smallest absolute Gasteiger partial charge is 0.305 e. The van der Waals surface area contributed by atoms with Gasteiger partial charge in [0.1, 0.15) is 0 Å². The molecule has 0 saturated carbocycles. The number of hydrogen-bond acceptors (Lipinski definition) is 5. The minimum Gasteiger partial charge on any atom is -0.466 e. The van der Waals surface area contributed by atoms with Gasteiger partial charge in [0.05, 0.1) is 25.4 Å². The summed E-state index contributed by atoms with van der Waals surface area (Å²) in [6.07, 6.45) is 92.5. The van der Waals surface area contributed by atoms with Gasteiger partial charge in [-0.2, -0.15) is 0 Å². The van der Waals surface area contributed by atoms with Crippen molar-refractivity contribution in [2.45, 2.75) is 443 Å². The van der Waals surface area contributed by atoms with Crippen LogP contribution in [0.4, 0.5) is 0 Å². The van der Waals surface area contributed by atoms with E-state index >= 15 is 0 Å². The van der Waals surface area contributed by atoms with E-state index < -0.39 is 12.1 Å². The van der Waals surface area contributed by atoms with Gasteiger partial charge in [-0.15, -0.1) is 0 Å². The van der Waals surface area contributed by atoms with Gasteiger partial charge in [-0.1, -0.05) is 385 Å². The highest BCUT2D eigenvalue weighted by Gasteiger charge is 2.20. The largest absolute Gasteiger partial charge is 0.466 e. The van der Waals surface area contributed by atoms with Crippen LogP contribution in [-0.4, -0.2) is 47.4 Å². The molecular formula is C77H149NO5. The molecule has 0 spiro atoms. The van der Waals surface area contributed by atoms with E-state index in [0.29, 0.717) is 25.9 Å². The number of rotatable bonds is 72. The summed E-state index contributed by atoms with van der Waals surface area (Å²) in [4.78, 5) is 24.6. The molecule has 2 unspecified atom stereocenters. The number of ether oxygens (including phenoxy) is 1. The maximum absolute atomic E-state index is 12.6. The van der Waals surface area contributed by atoms with E-state index in [1.165, 1.54) is 347 Å². The molecule has 0 aromatic heterocycles. The van der Waals surface area contributed by atoms with Crippen LogP contribution in [0.5, 0.6) is 0 Å². The van der Waals surface area contributed by atoms with Crippen LogP contribution >= 0.6 is 0 Å². The Kier molecular flexibility index (Phi) is 71.4. The molecule has 6 nitrogen and oxygen atoms in total. The highest BCUT2D eigenvalue weighted by Crippen LogP contribution is 2.20. The minimum absolute atomic E-state index is 0.00432. The van der Waals surface area contributed by atoms with Crippen molar-refractivity contribution in [1.29, 1.82) is 0 Å². The van der Waals surface area contributed by atoms with Gasteiger partial charge in [0.2, 0.25) is 5.91 Å². The highest BCUT2D eigenvalue weighted by molar-refractivity contribution is 5.76. The van der Waals surface area contributed by atoms with E-state index in [2.05, 4.69) is 43.5 Å². The topological polar surface area (TPSA) is 95.9 Å². The number of carbonyl (C=O) groups excluding carboxylic acids is 2. The lowest BCUT2D eigenvalue weighted by Crippen LogP contribution is -2.45. The zero-order valence-electron chi connectivity index (χ0n) is 56.5. The van der Waals surface area contributed by atoms with Gasteiger partial charge >= 0.3 is 5.97 Å². The first kappa shape index (κ1) is 81.3. The molecule has 0 aromatic carbocycles. The molecule has 0 fully saturated rings. The van der Waals surface area contributed by atoms with E-state index in [-0.39, 0.29) is 18.5 Å². The maximum atomic E-state index is 12.6. The number of allylic oxidation sites excluding steroid dienone is 4. The Balaban J connectivity index is 3.36. The van der Waals surface area contributed by atoms with E-state index in [9.17, 15) is 19.8 Å². The van der Waals surface area contributed by atoms with Crippen molar-refractivity contribution >= 4 is 11.9 Å². The Morgan fingerprint density at radius 3 is 0.940 bits per heavy atom. The molecule has 0 saturated heterocycles. The highest BCUT2D eigenvalue weighted by atomic mass is 16.5. The summed E-state index contributed by atoms with van der Waals surface area (Å²) in [7, 11) is 0. The fourth-order valence-electron chi connectivity index (χ4n) is 12.2. The van der Waals surface area contributed by atoms with Crippen LogP contribution in [0, 0.1) is 0 Å². The van der Waals surface area contributed by atoms with E-state index in [4.69, 9.17) is 4.74 Å². The van der Waals surface area contributed by atoms with Crippen molar-refractivity contribution in [2.75, 3.05) is 13.2 Å². The van der Waals surface area contributed by atoms with Gasteiger partial charge in [-0.3, -0.25) is 9.59 Å². The number of amides is 1. The van der Waals surface area contributed by atoms with Crippen LogP contribution in [0.2, 0.25) is 0 Å². The van der Waals surface area contributed by atoms with Crippen LogP contribution in [-0.2, 0) is 14.3 Å². The Morgan fingerprint density at radius 1 is 0.337 bits per heavy atom. The lowest BCUT2D eigenvalue weighted by Gasteiger charge is -2.22. The monoisotopic (exact) mass is 1170 g/mol. The standard InChI is InChI=1S/C77H149NO5/c1-3-5-7-9-11-13-15-17-19-20-21-22-23-26-29-32-35-38-42-45-49-53-57-61-65-69-75(80)74(73-79)78-76(81)70-66-62-58-54-50-46-43-39-36-33-30-27-24-25-28-31-34-37-40-44-48-52-56-60-64-68-72-83-77(82)71-67-63-59-55-51-47-41-18-16-14-12-10-8-6-4-2/h12,14,18,41,74-75,79-80H,3-11,13,15-17,19-40,42-73H2,1-2H3,(H,78,81)/b14-12-,41-18-. The van der Waals surface area contributed by atoms with E-state index in [1.807, 2.05) is 0 Å². The molecule has 492 valence electrons. The van der Waals surface area contributed by atoms with Crippen molar-refractivity contribution in [1.82, 2.24) is 5.32 Å². The first-order valence-corrected chi connectivity index (χ1v) is 38.1. The second-order valence-electron chi connectivity index (χ2n) is 26.3. The first-order chi connectivity index (χ1) is 41.0. The number of hydrogen-bond donors (Lipinski definition) is 3. The van der Waals surface area contributed by atoms with Crippen molar-refractivity contribution in [2.24, 2.45) is 0 Å². The van der Waals surface area contributed by atoms with Crippen LogP contribution in [0.3, 0.4) is 0 Å². The lowest BCUT2D eigenvalue weighted by atomic mass is 10.0. The Bertz CT molecular complexity index is 1300. The number of nitrogens with one attached hydrogen (secondary N) is 1. The quantitative estimate of drug-likeness (QED) is 0.0320. The molecule has 0 bridgehead atoms. The second-order valence-corrected chi connectivity index (χ2v) is 26.3. The normalized spacial score (nSPS) is 12.6. The van der Waals surface area contributed by atoms with Gasteiger partial charge in [0.25, 0.3) is 0 Å². The number of carbonyl (C=O) groups is 2. The third-order valence-electron chi connectivity index (χ3n) is 18.0. The molecule has 0 aliphatic rings. The minimum atomic E-state index is -0.664. The average molecular weight is 1170 g/mol. The molecule has 83 heavy (non-hydrogen) atoms. The van der Waals surface area contributed by atoms with E-state index in [0.717, 1.165) is 51.4 Å². The van der Waals surface area contributed by atoms with Gasteiger partial charge in [0, 0.05) is 12.8 Å². The molecule has 0 radical (unpaired) electrons. The van der Waals surface area contributed by atoms with Crippen LogP contribution in [0.15, 0.2) is 24.3 Å².